The number of rotatable bonds is 7. The van der Waals surface area contributed by atoms with Crippen LogP contribution in [-0.4, -0.2) is 34.3 Å². The van der Waals surface area contributed by atoms with Gasteiger partial charge in [-0.3, -0.25) is 0 Å². The highest BCUT2D eigenvalue weighted by Crippen LogP contribution is 2.30. The fourth-order valence-electron chi connectivity index (χ4n) is 4.94. The maximum atomic E-state index is 13.6. The first-order chi connectivity index (χ1) is 19.1. The predicted octanol–water partition coefficient (Wildman–Crippen LogP) is 6.32. The third-order valence-electron chi connectivity index (χ3n) is 6.92. The van der Waals surface area contributed by atoms with Crippen molar-refractivity contribution in [1.29, 1.82) is 0 Å². The SMILES string of the molecule is Cc1nc(N(C(=O)OCc2ccccc2)C2CCCC(OC(=O)NCc3ccccc3)C2)nc2ccccc12. The number of hydrogen-bond donors (Lipinski definition) is 1. The van der Waals surface area contributed by atoms with E-state index in [0.717, 1.165) is 47.0 Å². The highest BCUT2D eigenvalue weighted by molar-refractivity contribution is 5.89. The van der Waals surface area contributed by atoms with Gasteiger partial charge in [-0.15, -0.1) is 0 Å². The standard InChI is InChI=1S/C31H32N4O4/c1-22-27-17-8-9-18-28(27)34-29(33-22)35(31(37)38-21-24-13-6-3-7-14-24)25-15-10-16-26(19-25)39-30(36)32-20-23-11-4-2-5-12-23/h2-9,11-14,17-18,25-26H,10,15-16,19-21H2,1H3,(H,32,36). The van der Waals surface area contributed by atoms with Crippen LogP contribution < -0.4 is 10.2 Å². The summed E-state index contributed by atoms with van der Waals surface area (Å²) < 4.78 is 11.5. The number of carbonyl (C=O) groups is 2. The third kappa shape index (κ3) is 6.71. The Hall–Kier alpha value is -4.46. The maximum absolute atomic E-state index is 13.6. The molecule has 0 bridgehead atoms. The summed E-state index contributed by atoms with van der Waals surface area (Å²) in [5.41, 5.74) is 3.42. The lowest BCUT2D eigenvalue weighted by Gasteiger charge is -2.35. The maximum Gasteiger partial charge on any atom is 0.417 e. The molecule has 1 N–H and O–H groups in total. The van der Waals surface area contributed by atoms with E-state index in [1.807, 2.05) is 91.9 Å². The molecular formula is C31H32N4O4. The predicted molar refractivity (Wildman–Crippen MR) is 149 cm³/mol. The average molecular weight is 525 g/mol. The van der Waals surface area contributed by atoms with Gasteiger partial charge in [-0.25, -0.2) is 24.5 Å². The second-order valence-electron chi connectivity index (χ2n) is 9.72. The number of aromatic nitrogens is 2. The minimum atomic E-state index is -0.521. The van der Waals surface area contributed by atoms with Gasteiger partial charge in [0.1, 0.15) is 12.7 Å². The molecule has 1 aromatic heterocycles. The molecule has 0 spiro atoms. The minimum Gasteiger partial charge on any atom is -0.446 e. The number of anilines is 1. The molecule has 5 rings (SSSR count). The number of hydrogen-bond acceptors (Lipinski definition) is 6. The first kappa shape index (κ1) is 26.2. The Kier molecular flexibility index (Phi) is 8.31. The van der Waals surface area contributed by atoms with Gasteiger partial charge < -0.3 is 14.8 Å². The third-order valence-corrected chi connectivity index (χ3v) is 6.92. The van der Waals surface area contributed by atoms with Crippen LogP contribution in [0.1, 0.15) is 42.5 Å². The molecule has 200 valence electrons. The van der Waals surface area contributed by atoms with Crippen molar-refractivity contribution in [3.63, 3.8) is 0 Å². The van der Waals surface area contributed by atoms with Crippen LogP contribution in [0, 0.1) is 6.92 Å². The van der Waals surface area contributed by atoms with Crippen molar-refractivity contribution in [2.75, 3.05) is 4.90 Å². The number of nitrogens with zero attached hydrogens (tertiary/aromatic N) is 3. The molecule has 1 aliphatic rings. The van der Waals surface area contributed by atoms with Gasteiger partial charge in [0.2, 0.25) is 5.95 Å². The van der Waals surface area contributed by atoms with Gasteiger partial charge in [-0.2, -0.15) is 0 Å². The number of benzene rings is 3. The molecule has 0 radical (unpaired) electrons. The van der Waals surface area contributed by atoms with Crippen molar-refractivity contribution in [3.8, 4) is 0 Å². The molecule has 1 fully saturated rings. The number of alkyl carbamates (subject to hydrolysis) is 1. The Morgan fingerprint density at radius 1 is 0.897 bits per heavy atom. The van der Waals surface area contributed by atoms with Crippen LogP contribution >= 0.6 is 0 Å². The Bertz CT molecular complexity index is 1410. The minimum absolute atomic E-state index is 0.136. The molecule has 3 aromatic carbocycles. The number of aryl methyl sites for hydroxylation is 1. The summed E-state index contributed by atoms with van der Waals surface area (Å²) in [7, 11) is 0. The number of nitrogens with one attached hydrogen (secondary N) is 1. The fraction of sp³-hybridized carbons (Fsp3) is 0.290. The molecule has 2 atom stereocenters. The van der Waals surface area contributed by atoms with E-state index in [9.17, 15) is 9.59 Å². The summed E-state index contributed by atoms with van der Waals surface area (Å²) in [6, 6.07) is 26.7. The summed E-state index contributed by atoms with van der Waals surface area (Å²) in [6.07, 6.45) is 1.37. The van der Waals surface area contributed by atoms with E-state index < -0.39 is 12.2 Å². The molecule has 8 heteroatoms. The average Bonchev–Trinajstić information content (AvgIpc) is 2.96. The zero-order valence-corrected chi connectivity index (χ0v) is 22.0. The van der Waals surface area contributed by atoms with Gasteiger partial charge in [-0.05, 0) is 43.4 Å². The van der Waals surface area contributed by atoms with Crippen molar-refractivity contribution in [3.05, 3.63) is 102 Å². The Balaban J connectivity index is 1.33. The highest BCUT2D eigenvalue weighted by atomic mass is 16.6. The van der Waals surface area contributed by atoms with E-state index in [1.54, 1.807) is 4.90 Å². The molecule has 0 aliphatic heterocycles. The van der Waals surface area contributed by atoms with E-state index in [4.69, 9.17) is 19.4 Å². The number of carbonyl (C=O) groups excluding carboxylic acids is 2. The molecule has 2 unspecified atom stereocenters. The second kappa shape index (κ2) is 12.4. The smallest absolute Gasteiger partial charge is 0.417 e. The quantitative estimate of drug-likeness (QED) is 0.304. The zero-order valence-electron chi connectivity index (χ0n) is 22.0. The van der Waals surface area contributed by atoms with Crippen LogP contribution in [0.5, 0.6) is 0 Å². The van der Waals surface area contributed by atoms with Gasteiger partial charge >= 0.3 is 12.2 Å². The van der Waals surface area contributed by atoms with E-state index in [1.165, 1.54) is 0 Å². The van der Waals surface area contributed by atoms with Crippen molar-refractivity contribution in [1.82, 2.24) is 15.3 Å². The lowest BCUT2D eigenvalue weighted by molar-refractivity contribution is 0.0676. The van der Waals surface area contributed by atoms with Crippen LogP contribution in [0.25, 0.3) is 10.9 Å². The number of ether oxygens (including phenoxy) is 2. The molecule has 39 heavy (non-hydrogen) atoms. The first-order valence-electron chi connectivity index (χ1n) is 13.3. The molecule has 1 heterocycles. The number of amides is 2. The van der Waals surface area contributed by atoms with Gasteiger partial charge in [0.25, 0.3) is 0 Å². The van der Waals surface area contributed by atoms with Crippen LogP contribution in [0.15, 0.2) is 84.9 Å². The topological polar surface area (TPSA) is 93.7 Å². The largest absolute Gasteiger partial charge is 0.446 e. The Morgan fingerprint density at radius 3 is 2.36 bits per heavy atom. The lowest BCUT2D eigenvalue weighted by Crippen LogP contribution is -2.46. The zero-order chi connectivity index (χ0) is 27.0. The summed E-state index contributed by atoms with van der Waals surface area (Å²) in [4.78, 5) is 37.1. The molecule has 2 amide bonds. The number of fused-ring (bicyclic) bond motifs is 1. The van der Waals surface area contributed by atoms with Gasteiger partial charge in [0.05, 0.1) is 11.2 Å². The van der Waals surface area contributed by atoms with Crippen LogP contribution in [-0.2, 0) is 22.6 Å². The molecule has 8 nitrogen and oxygen atoms in total. The van der Waals surface area contributed by atoms with Gasteiger partial charge in [0, 0.05) is 24.4 Å². The normalized spacial score (nSPS) is 16.8. The summed E-state index contributed by atoms with van der Waals surface area (Å²) >= 11 is 0. The molecule has 4 aromatic rings. The molecule has 0 saturated heterocycles. The Morgan fingerprint density at radius 2 is 1.59 bits per heavy atom. The van der Waals surface area contributed by atoms with E-state index in [0.29, 0.717) is 18.9 Å². The fourth-order valence-corrected chi connectivity index (χ4v) is 4.94. The summed E-state index contributed by atoms with van der Waals surface area (Å²) in [5.74, 6) is 0.295. The van der Waals surface area contributed by atoms with Crippen molar-refractivity contribution >= 4 is 29.0 Å². The van der Waals surface area contributed by atoms with Crippen LogP contribution in [0.4, 0.5) is 15.5 Å². The summed E-state index contributed by atoms with van der Waals surface area (Å²) in [6.45, 7) is 2.43. The Labute approximate surface area is 228 Å². The first-order valence-corrected chi connectivity index (χ1v) is 13.3. The van der Waals surface area contributed by atoms with Crippen molar-refractivity contribution < 1.29 is 19.1 Å². The molecule has 1 aliphatic carbocycles. The van der Waals surface area contributed by atoms with E-state index in [2.05, 4.69) is 5.32 Å². The molecule has 1 saturated carbocycles. The monoisotopic (exact) mass is 524 g/mol. The molecular weight excluding hydrogens is 492 g/mol. The van der Waals surface area contributed by atoms with Gasteiger partial charge in [0.15, 0.2) is 0 Å². The van der Waals surface area contributed by atoms with Crippen molar-refractivity contribution in [2.45, 2.75) is 57.9 Å². The highest BCUT2D eigenvalue weighted by Gasteiger charge is 2.35. The second-order valence-corrected chi connectivity index (χ2v) is 9.72. The number of para-hydroxylation sites is 1. The van der Waals surface area contributed by atoms with Gasteiger partial charge in [-0.1, -0.05) is 78.9 Å². The van der Waals surface area contributed by atoms with E-state index >= 15 is 0 Å². The summed E-state index contributed by atoms with van der Waals surface area (Å²) in [5, 5.41) is 3.75. The van der Waals surface area contributed by atoms with Crippen LogP contribution in [0.2, 0.25) is 0 Å². The van der Waals surface area contributed by atoms with Crippen molar-refractivity contribution in [2.24, 2.45) is 0 Å². The van der Waals surface area contributed by atoms with E-state index in [-0.39, 0.29) is 18.8 Å². The lowest BCUT2D eigenvalue weighted by atomic mass is 9.92. The van der Waals surface area contributed by atoms with Crippen LogP contribution in [0.3, 0.4) is 0 Å².